The maximum absolute atomic E-state index is 12.6. The molecule has 26 heavy (non-hydrogen) atoms. The molecule has 0 saturated carbocycles. The van der Waals surface area contributed by atoms with Crippen LogP contribution in [-0.2, 0) is 10.0 Å². The predicted octanol–water partition coefficient (Wildman–Crippen LogP) is 2.38. The van der Waals surface area contributed by atoms with E-state index >= 15 is 0 Å². The highest BCUT2D eigenvalue weighted by Crippen LogP contribution is 2.28. The van der Waals surface area contributed by atoms with Gasteiger partial charge in [0.15, 0.2) is 4.34 Å². The number of thioether (sulfide) groups is 1. The van der Waals surface area contributed by atoms with Gasteiger partial charge in [-0.05, 0) is 25.1 Å². The molecule has 140 valence electrons. The second-order valence-electron chi connectivity index (χ2n) is 4.80. The van der Waals surface area contributed by atoms with E-state index in [0.717, 1.165) is 11.3 Å². The van der Waals surface area contributed by atoms with Crippen LogP contribution in [0.2, 0.25) is 0 Å². The van der Waals surface area contributed by atoms with Gasteiger partial charge in [-0.1, -0.05) is 29.2 Å². The monoisotopic (exact) mass is 414 g/mol. The number of ether oxygens (including phenoxy) is 1. The van der Waals surface area contributed by atoms with E-state index in [2.05, 4.69) is 26.8 Å². The van der Waals surface area contributed by atoms with E-state index < -0.39 is 15.9 Å². The number of methoxy groups -OCH3 is 1. The molecule has 2 aromatic rings. The summed E-state index contributed by atoms with van der Waals surface area (Å²) in [6, 6.07) is 4.06. The van der Waals surface area contributed by atoms with Crippen molar-refractivity contribution in [2.75, 3.05) is 24.1 Å². The van der Waals surface area contributed by atoms with Gasteiger partial charge >= 0.3 is 0 Å². The predicted molar refractivity (Wildman–Crippen MR) is 103 cm³/mol. The fourth-order valence-electron chi connectivity index (χ4n) is 1.90. The third kappa shape index (κ3) is 4.96. The SMILES string of the molecule is C=CCSc1nnc(NS(=O)(=O)c2ccc(OC)c(C(=O)NCC)c2)s1. The maximum atomic E-state index is 12.6. The second kappa shape index (κ2) is 9.01. The highest BCUT2D eigenvalue weighted by molar-refractivity contribution is 8.01. The van der Waals surface area contributed by atoms with E-state index in [1.54, 1.807) is 13.0 Å². The van der Waals surface area contributed by atoms with E-state index in [-0.39, 0.29) is 21.3 Å². The molecule has 1 aromatic carbocycles. The molecule has 0 saturated heterocycles. The quantitative estimate of drug-likeness (QED) is 0.479. The van der Waals surface area contributed by atoms with Crippen LogP contribution in [0.5, 0.6) is 5.75 Å². The molecule has 0 aliphatic rings. The summed E-state index contributed by atoms with van der Waals surface area (Å²) in [5, 5.41) is 10.5. The number of nitrogens with one attached hydrogen (secondary N) is 2. The van der Waals surface area contributed by atoms with E-state index in [4.69, 9.17) is 4.74 Å². The Morgan fingerprint density at radius 2 is 2.19 bits per heavy atom. The largest absolute Gasteiger partial charge is 0.496 e. The topological polar surface area (TPSA) is 110 Å². The first-order valence-corrected chi connectivity index (χ1v) is 10.8. The van der Waals surface area contributed by atoms with Crippen LogP contribution in [0.3, 0.4) is 0 Å². The first-order chi connectivity index (χ1) is 12.4. The fourth-order valence-corrected chi connectivity index (χ4v) is 4.67. The lowest BCUT2D eigenvalue weighted by Crippen LogP contribution is -2.24. The van der Waals surface area contributed by atoms with Crippen LogP contribution in [0.1, 0.15) is 17.3 Å². The molecular weight excluding hydrogens is 396 g/mol. The molecule has 0 radical (unpaired) electrons. The van der Waals surface area contributed by atoms with Crippen LogP contribution in [0.15, 0.2) is 40.1 Å². The van der Waals surface area contributed by atoms with Crippen LogP contribution < -0.4 is 14.8 Å². The van der Waals surface area contributed by atoms with E-state index in [1.807, 2.05) is 0 Å². The van der Waals surface area contributed by atoms with Crippen LogP contribution >= 0.6 is 23.1 Å². The van der Waals surface area contributed by atoms with Gasteiger partial charge in [-0.25, -0.2) is 8.42 Å². The summed E-state index contributed by atoms with van der Waals surface area (Å²) in [5.41, 5.74) is 0.136. The Hall–Kier alpha value is -2.11. The molecule has 0 unspecified atom stereocenters. The molecule has 1 aromatic heterocycles. The Balaban J connectivity index is 2.27. The van der Waals surface area contributed by atoms with Crippen molar-refractivity contribution >= 4 is 44.2 Å². The van der Waals surface area contributed by atoms with Crippen LogP contribution in [0.4, 0.5) is 5.13 Å². The molecule has 0 fully saturated rings. The number of hydrogen-bond acceptors (Lipinski definition) is 8. The number of benzene rings is 1. The van der Waals surface area contributed by atoms with E-state index in [1.165, 1.54) is 37.1 Å². The molecule has 0 spiro atoms. The molecule has 0 aliphatic carbocycles. The number of carbonyl (C=O) groups excluding carboxylic acids is 1. The minimum atomic E-state index is -3.92. The Bertz CT molecular complexity index is 896. The molecule has 0 bridgehead atoms. The average Bonchev–Trinajstić information content (AvgIpc) is 3.06. The van der Waals surface area contributed by atoms with Gasteiger partial charge in [0, 0.05) is 12.3 Å². The highest BCUT2D eigenvalue weighted by atomic mass is 32.2. The normalized spacial score (nSPS) is 11.0. The van der Waals surface area contributed by atoms with E-state index in [9.17, 15) is 13.2 Å². The number of amides is 1. The lowest BCUT2D eigenvalue weighted by atomic mass is 10.2. The minimum absolute atomic E-state index is 0.0740. The summed E-state index contributed by atoms with van der Waals surface area (Å²) in [4.78, 5) is 12.1. The number of nitrogens with zero attached hydrogens (tertiary/aromatic N) is 2. The van der Waals surface area contributed by atoms with Crippen molar-refractivity contribution in [1.82, 2.24) is 15.5 Å². The van der Waals surface area contributed by atoms with Gasteiger partial charge in [-0.2, -0.15) is 0 Å². The molecule has 8 nitrogen and oxygen atoms in total. The zero-order valence-electron chi connectivity index (χ0n) is 14.2. The van der Waals surface area contributed by atoms with Gasteiger partial charge < -0.3 is 10.1 Å². The highest BCUT2D eigenvalue weighted by Gasteiger charge is 2.21. The van der Waals surface area contributed by atoms with Crippen molar-refractivity contribution in [3.05, 3.63) is 36.4 Å². The Kier molecular flexibility index (Phi) is 7.00. The average molecular weight is 415 g/mol. The number of aromatic nitrogens is 2. The molecular formula is C15H18N4O4S3. The molecule has 2 rings (SSSR count). The van der Waals surface area contributed by atoms with Gasteiger partial charge in [0.2, 0.25) is 5.13 Å². The van der Waals surface area contributed by atoms with Crippen molar-refractivity contribution < 1.29 is 17.9 Å². The second-order valence-corrected chi connectivity index (χ2v) is 8.73. The van der Waals surface area contributed by atoms with Crippen molar-refractivity contribution in [3.8, 4) is 5.75 Å². The van der Waals surface area contributed by atoms with Crippen molar-refractivity contribution in [2.45, 2.75) is 16.2 Å². The molecule has 1 amide bonds. The zero-order chi connectivity index (χ0) is 19.2. The third-order valence-corrected chi connectivity index (χ3v) is 6.45. The summed E-state index contributed by atoms with van der Waals surface area (Å²) >= 11 is 2.52. The van der Waals surface area contributed by atoms with Crippen LogP contribution in [0.25, 0.3) is 0 Å². The number of sulfonamides is 1. The van der Waals surface area contributed by atoms with Crippen LogP contribution in [-0.4, -0.2) is 43.9 Å². The van der Waals surface area contributed by atoms with Crippen molar-refractivity contribution in [2.24, 2.45) is 0 Å². The summed E-state index contributed by atoms with van der Waals surface area (Å²) in [5.74, 6) is 0.518. The third-order valence-electron chi connectivity index (χ3n) is 3.02. The molecule has 1 heterocycles. The fraction of sp³-hybridized carbons (Fsp3) is 0.267. The van der Waals surface area contributed by atoms with Gasteiger partial charge in [-0.3, -0.25) is 9.52 Å². The minimum Gasteiger partial charge on any atom is -0.496 e. The maximum Gasteiger partial charge on any atom is 0.263 e. The summed E-state index contributed by atoms with van der Waals surface area (Å²) in [7, 11) is -2.51. The standard InChI is InChI=1S/C15H18N4O4S3/c1-4-8-24-15-18-17-14(25-15)19-26(21,22)10-6-7-12(23-3)11(9-10)13(20)16-5-2/h4,6-7,9H,1,5,8H2,2-3H3,(H,16,20)(H,17,19). The van der Waals surface area contributed by atoms with Gasteiger partial charge in [0.1, 0.15) is 5.75 Å². The lowest BCUT2D eigenvalue weighted by molar-refractivity contribution is 0.0952. The molecule has 0 atom stereocenters. The van der Waals surface area contributed by atoms with Gasteiger partial charge in [0.25, 0.3) is 15.9 Å². The van der Waals surface area contributed by atoms with Crippen molar-refractivity contribution in [3.63, 3.8) is 0 Å². The van der Waals surface area contributed by atoms with E-state index in [0.29, 0.717) is 16.6 Å². The van der Waals surface area contributed by atoms with Gasteiger partial charge in [0.05, 0.1) is 17.6 Å². The molecule has 0 aliphatic heterocycles. The summed E-state index contributed by atoms with van der Waals surface area (Å²) < 4.78 is 33.3. The number of anilines is 1. The number of carbonyl (C=O) groups is 1. The first kappa shape index (κ1) is 20.2. The number of hydrogen-bond donors (Lipinski definition) is 2. The molecule has 11 heteroatoms. The van der Waals surface area contributed by atoms with Gasteiger partial charge in [-0.15, -0.1) is 16.8 Å². The summed E-state index contributed by atoms with van der Waals surface area (Å²) in [6.07, 6.45) is 1.72. The Morgan fingerprint density at radius 1 is 1.42 bits per heavy atom. The van der Waals surface area contributed by atoms with Crippen LogP contribution in [0, 0.1) is 0 Å². The zero-order valence-corrected chi connectivity index (χ0v) is 16.6. The Morgan fingerprint density at radius 3 is 2.85 bits per heavy atom. The first-order valence-electron chi connectivity index (χ1n) is 7.47. The Labute approximate surface area is 160 Å². The smallest absolute Gasteiger partial charge is 0.263 e. The number of rotatable bonds is 9. The molecule has 2 N–H and O–H groups in total. The summed E-state index contributed by atoms with van der Waals surface area (Å²) in [6.45, 7) is 5.79. The van der Waals surface area contributed by atoms with Crippen molar-refractivity contribution in [1.29, 1.82) is 0 Å². The lowest BCUT2D eigenvalue weighted by Gasteiger charge is -2.11.